The van der Waals surface area contributed by atoms with Crippen molar-refractivity contribution in [1.29, 1.82) is 0 Å². The van der Waals surface area contributed by atoms with Crippen LogP contribution in [0, 0.1) is 0 Å². The van der Waals surface area contributed by atoms with E-state index in [2.05, 4.69) is 10.2 Å². The van der Waals surface area contributed by atoms with Gasteiger partial charge in [-0.25, -0.2) is 0 Å². The molecule has 0 saturated carbocycles. The minimum Gasteiger partial charge on any atom is -0.379 e. The summed E-state index contributed by atoms with van der Waals surface area (Å²) in [4.78, 5) is 27.1. The first-order valence-corrected chi connectivity index (χ1v) is 9.31. The Bertz CT molecular complexity index is 706. The number of rotatable bonds is 7. The Morgan fingerprint density at radius 1 is 1.16 bits per heavy atom. The van der Waals surface area contributed by atoms with E-state index in [1.807, 2.05) is 36.4 Å². The first-order chi connectivity index (χ1) is 12.3. The maximum Gasteiger partial charge on any atom is 0.251 e. The fourth-order valence-corrected chi connectivity index (χ4v) is 3.62. The van der Waals surface area contributed by atoms with Crippen molar-refractivity contribution in [2.75, 3.05) is 39.4 Å². The molecule has 0 spiro atoms. The van der Waals surface area contributed by atoms with E-state index in [1.54, 1.807) is 0 Å². The normalized spacial score (nSPS) is 15.0. The summed E-state index contributed by atoms with van der Waals surface area (Å²) in [5.74, 6) is -0.0479. The third-order valence-corrected chi connectivity index (χ3v) is 5.27. The van der Waals surface area contributed by atoms with E-state index in [4.69, 9.17) is 4.74 Å². The number of hydrogen-bond donors (Lipinski definition) is 1. The fraction of sp³-hybridized carbons (Fsp3) is 0.368. The number of morpholine rings is 1. The molecule has 0 unspecified atom stereocenters. The zero-order valence-electron chi connectivity index (χ0n) is 14.1. The average Bonchev–Trinajstić information content (AvgIpc) is 3.15. The van der Waals surface area contributed by atoms with Gasteiger partial charge in [0.25, 0.3) is 5.91 Å². The number of nitrogens with one attached hydrogen (secondary N) is 1. The molecule has 6 heteroatoms. The zero-order valence-corrected chi connectivity index (χ0v) is 14.9. The van der Waals surface area contributed by atoms with Crippen LogP contribution in [0.3, 0.4) is 0 Å². The smallest absolute Gasteiger partial charge is 0.251 e. The van der Waals surface area contributed by atoms with Crippen LogP contribution in [0.4, 0.5) is 0 Å². The monoisotopic (exact) mass is 358 g/mol. The second kappa shape index (κ2) is 8.89. The first-order valence-electron chi connectivity index (χ1n) is 8.50. The molecule has 1 fully saturated rings. The highest BCUT2D eigenvalue weighted by Gasteiger charge is 2.10. The van der Waals surface area contributed by atoms with Gasteiger partial charge in [0.1, 0.15) is 0 Å². The summed E-state index contributed by atoms with van der Waals surface area (Å²) < 4.78 is 5.32. The zero-order chi connectivity index (χ0) is 17.5. The highest BCUT2D eigenvalue weighted by molar-refractivity contribution is 7.17. The van der Waals surface area contributed by atoms with E-state index in [-0.39, 0.29) is 5.91 Å². The number of nitrogens with zero attached hydrogens (tertiary/aromatic N) is 1. The summed E-state index contributed by atoms with van der Waals surface area (Å²) >= 11 is 1.45. The summed E-state index contributed by atoms with van der Waals surface area (Å²) in [5, 5.41) is 2.97. The number of aldehydes is 1. The Labute approximate surface area is 151 Å². The van der Waals surface area contributed by atoms with E-state index < -0.39 is 0 Å². The molecule has 1 N–H and O–H groups in total. The van der Waals surface area contributed by atoms with Crippen LogP contribution in [0.2, 0.25) is 0 Å². The van der Waals surface area contributed by atoms with Crippen molar-refractivity contribution in [3.05, 3.63) is 46.8 Å². The van der Waals surface area contributed by atoms with Gasteiger partial charge in [-0.05, 0) is 42.8 Å². The van der Waals surface area contributed by atoms with Gasteiger partial charge in [0.2, 0.25) is 0 Å². The molecule has 0 radical (unpaired) electrons. The van der Waals surface area contributed by atoms with Crippen LogP contribution >= 0.6 is 11.3 Å². The molecule has 1 aromatic carbocycles. The van der Waals surface area contributed by atoms with Crippen molar-refractivity contribution in [2.24, 2.45) is 0 Å². The van der Waals surface area contributed by atoms with E-state index in [0.29, 0.717) is 17.0 Å². The van der Waals surface area contributed by atoms with Crippen LogP contribution < -0.4 is 5.32 Å². The molecule has 2 heterocycles. The van der Waals surface area contributed by atoms with Crippen LogP contribution in [0.15, 0.2) is 36.4 Å². The highest BCUT2D eigenvalue weighted by Crippen LogP contribution is 2.27. The van der Waals surface area contributed by atoms with Crippen molar-refractivity contribution >= 4 is 23.5 Å². The van der Waals surface area contributed by atoms with E-state index >= 15 is 0 Å². The molecule has 2 aromatic rings. The Kier molecular flexibility index (Phi) is 6.33. The maximum absolute atomic E-state index is 12.2. The van der Waals surface area contributed by atoms with Crippen molar-refractivity contribution in [2.45, 2.75) is 6.42 Å². The molecule has 1 aromatic heterocycles. The molecule has 3 rings (SSSR count). The number of benzene rings is 1. The third kappa shape index (κ3) is 4.98. The van der Waals surface area contributed by atoms with Crippen LogP contribution in [0.1, 0.15) is 26.5 Å². The number of carbonyl (C=O) groups is 2. The summed E-state index contributed by atoms with van der Waals surface area (Å²) in [6.45, 7) is 5.22. The summed E-state index contributed by atoms with van der Waals surface area (Å²) in [6, 6.07) is 11.2. The molecule has 5 nitrogen and oxygen atoms in total. The van der Waals surface area contributed by atoms with E-state index in [1.165, 1.54) is 11.3 Å². The molecule has 0 aliphatic carbocycles. The highest BCUT2D eigenvalue weighted by atomic mass is 32.1. The predicted octanol–water partition coefficient (Wildman–Crippen LogP) is 2.68. The molecule has 0 bridgehead atoms. The number of amides is 1. The molecule has 1 saturated heterocycles. The second-order valence-electron chi connectivity index (χ2n) is 5.96. The maximum atomic E-state index is 12.2. The molecule has 132 valence electrons. The average molecular weight is 358 g/mol. The number of carbonyl (C=O) groups excluding carboxylic acids is 2. The lowest BCUT2D eigenvalue weighted by molar-refractivity contribution is 0.0374. The van der Waals surface area contributed by atoms with Gasteiger partial charge in [-0.15, -0.1) is 11.3 Å². The minimum atomic E-state index is -0.0479. The molecule has 1 aliphatic heterocycles. The Balaban J connectivity index is 1.46. The standard InChI is InChI=1S/C19H22N2O3S/c22-14-17-6-7-18(25-17)15-2-4-16(5-3-15)19(23)20-8-1-9-21-10-12-24-13-11-21/h2-7,14H,1,8-13H2,(H,20,23). The van der Waals surface area contributed by atoms with Gasteiger partial charge in [-0.3, -0.25) is 14.5 Å². The lowest BCUT2D eigenvalue weighted by Gasteiger charge is -2.26. The van der Waals surface area contributed by atoms with Gasteiger partial charge < -0.3 is 10.1 Å². The summed E-state index contributed by atoms with van der Waals surface area (Å²) in [7, 11) is 0. The summed E-state index contributed by atoms with van der Waals surface area (Å²) in [6.07, 6.45) is 1.79. The molecule has 0 atom stereocenters. The quantitative estimate of drug-likeness (QED) is 0.611. The number of hydrogen-bond acceptors (Lipinski definition) is 5. The molecular weight excluding hydrogens is 336 g/mol. The predicted molar refractivity (Wildman–Crippen MR) is 99.4 cm³/mol. The third-order valence-electron chi connectivity index (χ3n) is 4.21. The molecule has 1 aliphatic rings. The van der Waals surface area contributed by atoms with E-state index in [0.717, 1.165) is 56.0 Å². The minimum absolute atomic E-state index is 0.0479. The van der Waals surface area contributed by atoms with Crippen LogP contribution in [0.25, 0.3) is 10.4 Å². The van der Waals surface area contributed by atoms with Gasteiger partial charge >= 0.3 is 0 Å². The van der Waals surface area contributed by atoms with Gasteiger partial charge in [0.05, 0.1) is 18.1 Å². The van der Waals surface area contributed by atoms with Crippen molar-refractivity contribution in [3.63, 3.8) is 0 Å². The van der Waals surface area contributed by atoms with E-state index in [9.17, 15) is 9.59 Å². The summed E-state index contributed by atoms with van der Waals surface area (Å²) in [5.41, 5.74) is 1.67. The topological polar surface area (TPSA) is 58.6 Å². The van der Waals surface area contributed by atoms with Gasteiger partial charge in [-0.1, -0.05) is 12.1 Å². The van der Waals surface area contributed by atoms with Crippen molar-refractivity contribution in [3.8, 4) is 10.4 Å². The fourth-order valence-electron chi connectivity index (χ4n) is 2.79. The first kappa shape index (κ1) is 17.8. The largest absolute Gasteiger partial charge is 0.379 e. The molecule has 1 amide bonds. The van der Waals surface area contributed by atoms with Crippen LogP contribution in [-0.2, 0) is 4.74 Å². The number of thiophene rings is 1. The second-order valence-corrected chi connectivity index (χ2v) is 7.08. The van der Waals surface area contributed by atoms with Crippen molar-refractivity contribution < 1.29 is 14.3 Å². The Morgan fingerprint density at radius 2 is 1.92 bits per heavy atom. The van der Waals surface area contributed by atoms with Crippen LogP contribution in [-0.4, -0.2) is 56.5 Å². The Hall–Kier alpha value is -2.02. The number of ether oxygens (including phenoxy) is 1. The van der Waals surface area contributed by atoms with Gasteiger partial charge in [0, 0.05) is 30.1 Å². The Morgan fingerprint density at radius 3 is 2.60 bits per heavy atom. The molecule has 25 heavy (non-hydrogen) atoms. The lowest BCUT2D eigenvalue weighted by Crippen LogP contribution is -2.38. The van der Waals surface area contributed by atoms with Crippen molar-refractivity contribution in [1.82, 2.24) is 10.2 Å². The van der Waals surface area contributed by atoms with Gasteiger partial charge in [-0.2, -0.15) is 0 Å². The lowest BCUT2D eigenvalue weighted by atomic mass is 10.1. The van der Waals surface area contributed by atoms with Gasteiger partial charge in [0.15, 0.2) is 6.29 Å². The van der Waals surface area contributed by atoms with Crippen LogP contribution in [0.5, 0.6) is 0 Å². The molecular formula is C19H22N2O3S. The SMILES string of the molecule is O=Cc1ccc(-c2ccc(C(=O)NCCCN3CCOCC3)cc2)s1.